The number of esters is 1. The van der Waals surface area contributed by atoms with Gasteiger partial charge in [-0.15, -0.1) is 23.5 Å². The Balaban J connectivity index is 1.47. The second kappa shape index (κ2) is 10.5. The zero-order valence-electron chi connectivity index (χ0n) is 18.3. The maximum Gasteiger partial charge on any atom is 0.410 e. The number of benzene rings is 1. The summed E-state index contributed by atoms with van der Waals surface area (Å²) in [5.41, 5.74) is 0.992. The predicted molar refractivity (Wildman–Crippen MR) is 126 cm³/mol. The molecule has 2 aliphatic carbocycles. The molecule has 1 amide bonds. The Morgan fingerprint density at radius 3 is 2.29 bits per heavy atom. The van der Waals surface area contributed by atoms with Crippen LogP contribution in [-0.4, -0.2) is 51.7 Å². The minimum atomic E-state index is -0.607. The normalized spacial score (nSPS) is 20.3. The lowest BCUT2D eigenvalue weighted by molar-refractivity contribution is -0.143. The number of amides is 1. The molecule has 0 unspecified atom stereocenters. The van der Waals surface area contributed by atoms with E-state index in [1.54, 1.807) is 23.5 Å². The molecule has 5 nitrogen and oxygen atoms in total. The van der Waals surface area contributed by atoms with Gasteiger partial charge in [-0.05, 0) is 74.4 Å². The van der Waals surface area contributed by atoms with E-state index in [1.165, 1.54) is 25.7 Å². The standard InChI is InChI=1S/C24H33NO4S2/c1-2-28-22(26)24(30-15-6-16-31-24)13-14-25(21(19-9-10-19)20-11-12-20)23(27)29-17-18-7-4-3-5-8-18/h3-5,7-8,19-21H,2,6,9-17H2,1H3. The SMILES string of the molecule is CCOC(=O)C1(CCN(C(=O)OCc2ccccc2)C(C2CC2)C2CC2)SCCCS1. The summed E-state index contributed by atoms with van der Waals surface area (Å²) in [4.78, 5) is 28.1. The van der Waals surface area contributed by atoms with E-state index < -0.39 is 4.08 Å². The fraction of sp³-hybridized carbons (Fsp3) is 0.667. The Morgan fingerprint density at radius 2 is 1.71 bits per heavy atom. The number of rotatable bonds is 10. The zero-order chi connectivity index (χ0) is 21.7. The molecule has 1 saturated heterocycles. The van der Waals surface area contributed by atoms with Crippen molar-refractivity contribution in [2.24, 2.45) is 11.8 Å². The van der Waals surface area contributed by atoms with E-state index in [9.17, 15) is 9.59 Å². The molecule has 0 aromatic heterocycles. The van der Waals surface area contributed by atoms with Crippen LogP contribution in [0.1, 0.15) is 51.0 Å². The summed E-state index contributed by atoms with van der Waals surface area (Å²) >= 11 is 3.38. The summed E-state index contributed by atoms with van der Waals surface area (Å²) in [7, 11) is 0. The number of carbonyl (C=O) groups excluding carboxylic acids is 2. The van der Waals surface area contributed by atoms with Crippen molar-refractivity contribution in [1.29, 1.82) is 0 Å². The van der Waals surface area contributed by atoms with Gasteiger partial charge in [0.1, 0.15) is 6.61 Å². The summed E-state index contributed by atoms with van der Waals surface area (Å²) in [5.74, 6) is 2.94. The van der Waals surface area contributed by atoms with Gasteiger partial charge < -0.3 is 14.4 Å². The highest BCUT2D eigenvalue weighted by molar-refractivity contribution is 8.19. The van der Waals surface area contributed by atoms with Gasteiger partial charge in [0.25, 0.3) is 0 Å². The highest BCUT2D eigenvalue weighted by Crippen LogP contribution is 2.49. The summed E-state index contributed by atoms with van der Waals surface area (Å²) in [6.07, 6.45) is 6.24. The lowest BCUT2D eigenvalue weighted by Crippen LogP contribution is -2.47. The van der Waals surface area contributed by atoms with Gasteiger partial charge in [-0.3, -0.25) is 0 Å². The molecule has 0 N–H and O–H groups in total. The molecule has 0 atom stereocenters. The van der Waals surface area contributed by atoms with Crippen LogP contribution in [-0.2, 0) is 20.9 Å². The van der Waals surface area contributed by atoms with Crippen LogP contribution in [0, 0.1) is 11.8 Å². The lowest BCUT2D eigenvalue weighted by atomic mass is 10.1. The van der Waals surface area contributed by atoms with Crippen molar-refractivity contribution < 1.29 is 19.1 Å². The monoisotopic (exact) mass is 463 g/mol. The molecule has 2 saturated carbocycles. The Hall–Kier alpha value is -1.34. The fourth-order valence-electron chi connectivity index (χ4n) is 4.38. The number of thioether (sulfide) groups is 2. The quantitative estimate of drug-likeness (QED) is 0.437. The van der Waals surface area contributed by atoms with E-state index in [1.807, 2.05) is 42.2 Å². The first-order valence-corrected chi connectivity index (χ1v) is 13.5. The first-order valence-electron chi connectivity index (χ1n) is 11.6. The van der Waals surface area contributed by atoms with Gasteiger partial charge in [0.05, 0.1) is 6.61 Å². The first kappa shape index (κ1) is 22.8. The van der Waals surface area contributed by atoms with Crippen LogP contribution < -0.4 is 0 Å². The molecular weight excluding hydrogens is 430 g/mol. The molecule has 1 aliphatic heterocycles. The molecule has 0 bridgehead atoms. The van der Waals surface area contributed by atoms with Crippen molar-refractivity contribution in [2.75, 3.05) is 24.7 Å². The van der Waals surface area contributed by atoms with Gasteiger partial charge in [0, 0.05) is 12.6 Å². The third-order valence-electron chi connectivity index (χ3n) is 6.24. The number of carbonyl (C=O) groups is 2. The molecule has 4 rings (SSSR count). The third-order valence-corrected chi connectivity index (χ3v) is 9.60. The first-order chi connectivity index (χ1) is 15.1. The fourth-order valence-corrected chi connectivity index (χ4v) is 7.46. The number of hydrogen-bond acceptors (Lipinski definition) is 6. The number of ether oxygens (including phenoxy) is 2. The minimum absolute atomic E-state index is 0.142. The minimum Gasteiger partial charge on any atom is -0.464 e. The topological polar surface area (TPSA) is 55.8 Å². The number of hydrogen-bond donors (Lipinski definition) is 0. The third kappa shape index (κ3) is 5.92. The van der Waals surface area contributed by atoms with Crippen molar-refractivity contribution >= 4 is 35.6 Å². The molecule has 3 aliphatic rings. The van der Waals surface area contributed by atoms with Crippen LogP contribution in [0.2, 0.25) is 0 Å². The summed E-state index contributed by atoms with van der Waals surface area (Å²) in [6.45, 7) is 3.07. The van der Waals surface area contributed by atoms with Gasteiger partial charge in [-0.25, -0.2) is 9.59 Å². The number of nitrogens with zero attached hydrogens (tertiary/aromatic N) is 1. The predicted octanol–water partition coefficient (Wildman–Crippen LogP) is 5.33. The molecule has 1 aromatic carbocycles. The Labute approximate surface area is 194 Å². The van der Waals surface area contributed by atoms with Crippen LogP contribution in [0.5, 0.6) is 0 Å². The van der Waals surface area contributed by atoms with Crippen LogP contribution in [0.4, 0.5) is 4.79 Å². The van der Waals surface area contributed by atoms with Crippen molar-refractivity contribution in [3.63, 3.8) is 0 Å². The molecule has 170 valence electrons. The summed E-state index contributed by atoms with van der Waals surface area (Å²) < 4.78 is 10.6. The van der Waals surface area contributed by atoms with Crippen LogP contribution in [0.3, 0.4) is 0 Å². The maximum atomic E-state index is 13.3. The summed E-state index contributed by atoms with van der Waals surface area (Å²) in [6, 6.07) is 10.1. The highest BCUT2D eigenvalue weighted by atomic mass is 32.2. The van der Waals surface area contributed by atoms with E-state index in [4.69, 9.17) is 9.47 Å². The average Bonchev–Trinajstić information content (AvgIpc) is 3.71. The largest absolute Gasteiger partial charge is 0.464 e. The molecule has 0 radical (unpaired) electrons. The Kier molecular flexibility index (Phi) is 7.75. The van der Waals surface area contributed by atoms with E-state index in [0.717, 1.165) is 23.5 Å². The van der Waals surface area contributed by atoms with E-state index in [2.05, 4.69) is 0 Å². The summed E-state index contributed by atoms with van der Waals surface area (Å²) in [5, 5.41) is 0. The molecular formula is C24H33NO4S2. The van der Waals surface area contributed by atoms with Crippen molar-refractivity contribution in [1.82, 2.24) is 4.90 Å². The van der Waals surface area contributed by atoms with Crippen molar-refractivity contribution in [2.45, 2.75) is 62.2 Å². The van der Waals surface area contributed by atoms with E-state index >= 15 is 0 Å². The molecule has 0 spiro atoms. The molecule has 1 heterocycles. The maximum absolute atomic E-state index is 13.3. The van der Waals surface area contributed by atoms with Gasteiger partial charge in [-0.1, -0.05) is 30.3 Å². The average molecular weight is 464 g/mol. The van der Waals surface area contributed by atoms with E-state index in [-0.39, 0.29) is 24.7 Å². The smallest absolute Gasteiger partial charge is 0.410 e. The molecule has 1 aromatic rings. The Bertz CT molecular complexity index is 733. The molecule has 7 heteroatoms. The zero-order valence-corrected chi connectivity index (χ0v) is 19.9. The highest BCUT2D eigenvalue weighted by Gasteiger charge is 2.49. The van der Waals surface area contributed by atoms with Gasteiger partial charge in [0.2, 0.25) is 0 Å². The second-order valence-electron chi connectivity index (χ2n) is 8.67. The molecule has 3 fully saturated rings. The van der Waals surface area contributed by atoms with Gasteiger partial charge >= 0.3 is 12.1 Å². The second-order valence-corrected chi connectivity index (χ2v) is 11.7. The van der Waals surface area contributed by atoms with Gasteiger partial charge in [-0.2, -0.15) is 0 Å². The lowest BCUT2D eigenvalue weighted by Gasteiger charge is -2.37. The van der Waals surface area contributed by atoms with Crippen LogP contribution >= 0.6 is 23.5 Å². The van der Waals surface area contributed by atoms with Crippen LogP contribution in [0.25, 0.3) is 0 Å². The Morgan fingerprint density at radius 1 is 1.06 bits per heavy atom. The molecule has 31 heavy (non-hydrogen) atoms. The van der Waals surface area contributed by atoms with Gasteiger partial charge in [0.15, 0.2) is 4.08 Å². The van der Waals surface area contributed by atoms with Crippen molar-refractivity contribution in [3.8, 4) is 0 Å². The van der Waals surface area contributed by atoms with Crippen molar-refractivity contribution in [3.05, 3.63) is 35.9 Å². The van der Waals surface area contributed by atoms with E-state index in [0.29, 0.717) is 31.4 Å². The van der Waals surface area contributed by atoms with Crippen LogP contribution in [0.15, 0.2) is 30.3 Å².